The summed E-state index contributed by atoms with van der Waals surface area (Å²) < 4.78 is 0. The minimum atomic E-state index is 0.429. The molecule has 1 heterocycles. The third-order valence-electron chi connectivity index (χ3n) is 5.03. The first kappa shape index (κ1) is 14.6. The molecule has 0 radical (unpaired) electrons. The summed E-state index contributed by atoms with van der Waals surface area (Å²) in [7, 11) is 0. The zero-order chi connectivity index (χ0) is 14.5. The summed E-state index contributed by atoms with van der Waals surface area (Å²) in [5.41, 5.74) is 7.89. The highest BCUT2D eigenvalue weighted by Gasteiger charge is 2.32. The number of nitrogens with zero attached hydrogens (tertiary/aromatic N) is 1. The molecule has 2 fully saturated rings. The van der Waals surface area contributed by atoms with Crippen molar-refractivity contribution in [3.8, 4) is 11.8 Å². The van der Waals surface area contributed by atoms with Crippen molar-refractivity contribution in [3.63, 3.8) is 0 Å². The van der Waals surface area contributed by atoms with Gasteiger partial charge >= 0.3 is 0 Å². The van der Waals surface area contributed by atoms with E-state index in [9.17, 15) is 0 Å². The van der Waals surface area contributed by atoms with Crippen molar-refractivity contribution < 1.29 is 0 Å². The van der Waals surface area contributed by atoms with Crippen molar-refractivity contribution in [2.24, 2.45) is 11.7 Å². The Hall–Kier alpha value is -1.30. The Morgan fingerprint density at radius 1 is 1.05 bits per heavy atom. The van der Waals surface area contributed by atoms with Gasteiger partial charge in [-0.15, -0.1) is 0 Å². The standard InChI is InChI=1S/C19H26N2/c20-13-3-5-16-9-11-17(12-10-16)15-21-14-4-8-19(21)18-6-1-2-7-18/h9-12,18-19H,1-2,4,6-8,13-15,20H2. The van der Waals surface area contributed by atoms with Gasteiger partial charge in [0.25, 0.3) is 0 Å². The maximum absolute atomic E-state index is 5.41. The fourth-order valence-corrected chi connectivity index (χ4v) is 4.01. The Bertz CT molecular complexity index is 503. The molecule has 1 aliphatic heterocycles. The minimum Gasteiger partial charge on any atom is -0.320 e. The Morgan fingerprint density at radius 2 is 1.81 bits per heavy atom. The SMILES string of the molecule is NCC#Cc1ccc(CN2CCCC2C2CCCC2)cc1. The quantitative estimate of drug-likeness (QED) is 0.863. The fourth-order valence-electron chi connectivity index (χ4n) is 4.01. The fraction of sp³-hybridized carbons (Fsp3) is 0.579. The van der Waals surface area contributed by atoms with E-state index in [-0.39, 0.29) is 0 Å². The minimum absolute atomic E-state index is 0.429. The van der Waals surface area contributed by atoms with Crippen LogP contribution >= 0.6 is 0 Å². The number of rotatable bonds is 3. The summed E-state index contributed by atoms with van der Waals surface area (Å²) in [5, 5.41) is 0. The topological polar surface area (TPSA) is 29.3 Å². The molecule has 112 valence electrons. The summed E-state index contributed by atoms with van der Waals surface area (Å²) in [6.07, 6.45) is 8.59. The zero-order valence-electron chi connectivity index (χ0n) is 12.9. The van der Waals surface area contributed by atoms with Gasteiger partial charge in [-0.3, -0.25) is 4.90 Å². The van der Waals surface area contributed by atoms with E-state index in [0.717, 1.165) is 24.1 Å². The van der Waals surface area contributed by atoms with Gasteiger partial charge in [0.1, 0.15) is 0 Å². The predicted octanol–water partition coefficient (Wildman–Crippen LogP) is 3.15. The molecule has 2 nitrogen and oxygen atoms in total. The molecule has 1 atom stereocenters. The van der Waals surface area contributed by atoms with Crippen molar-refractivity contribution in [1.82, 2.24) is 4.90 Å². The summed E-state index contributed by atoms with van der Waals surface area (Å²) >= 11 is 0. The molecule has 2 heteroatoms. The van der Waals surface area contributed by atoms with E-state index in [4.69, 9.17) is 5.73 Å². The zero-order valence-corrected chi connectivity index (χ0v) is 12.9. The van der Waals surface area contributed by atoms with Crippen LogP contribution in [0.15, 0.2) is 24.3 Å². The monoisotopic (exact) mass is 282 g/mol. The Balaban J connectivity index is 1.62. The molecule has 21 heavy (non-hydrogen) atoms. The molecule has 1 saturated carbocycles. The lowest BCUT2D eigenvalue weighted by molar-refractivity contribution is 0.183. The van der Waals surface area contributed by atoms with Crippen molar-refractivity contribution >= 4 is 0 Å². The lowest BCUT2D eigenvalue weighted by atomic mass is 9.96. The van der Waals surface area contributed by atoms with Crippen molar-refractivity contribution in [2.75, 3.05) is 13.1 Å². The number of hydrogen-bond acceptors (Lipinski definition) is 2. The molecule has 1 aromatic carbocycles. The predicted molar refractivity (Wildman–Crippen MR) is 87.8 cm³/mol. The van der Waals surface area contributed by atoms with Crippen LogP contribution in [0.5, 0.6) is 0 Å². The smallest absolute Gasteiger partial charge is 0.0555 e. The Morgan fingerprint density at radius 3 is 2.52 bits per heavy atom. The molecule has 0 amide bonds. The number of likely N-dealkylation sites (tertiary alicyclic amines) is 1. The van der Waals surface area contributed by atoms with Crippen molar-refractivity contribution in [2.45, 2.75) is 51.1 Å². The maximum atomic E-state index is 5.41. The summed E-state index contributed by atoms with van der Waals surface area (Å²) in [6.45, 7) is 2.81. The first-order valence-corrected chi connectivity index (χ1v) is 8.39. The summed E-state index contributed by atoms with van der Waals surface area (Å²) in [4.78, 5) is 2.72. The van der Waals surface area contributed by atoms with E-state index >= 15 is 0 Å². The van der Waals surface area contributed by atoms with Crippen LogP contribution in [-0.4, -0.2) is 24.0 Å². The average Bonchev–Trinajstić information content (AvgIpc) is 3.17. The molecule has 3 rings (SSSR count). The van der Waals surface area contributed by atoms with Gasteiger partial charge in [-0.05, 0) is 55.8 Å². The molecule has 1 aliphatic carbocycles. The van der Waals surface area contributed by atoms with E-state index in [1.165, 1.54) is 50.6 Å². The van der Waals surface area contributed by atoms with Crippen molar-refractivity contribution in [1.29, 1.82) is 0 Å². The molecule has 1 unspecified atom stereocenters. The second-order valence-electron chi connectivity index (χ2n) is 6.43. The number of nitrogens with two attached hydrogens (primary N) is 1. The third kappa shape index (κ3) is 3.67. The van der Waals surface area contributed by atoms with Crippen LogP contribution < -0.4 is 5.73 Å². The van der Waals surface area contributed by atoms with Gasteiger partial charge in [0.15, 0.2) is 0 Å². The summed E-state index contributed by atoms with van der Waals surface area (Å²) in [5.74, 6) is 6.96. The van der Waals surface area contributed by atoms with Crippen molar-refractivity contribution in [3.05, 3.63) is 35.4 Å². The van der Waals surface area contributed by atoms with Crippen LogP contribution in [-0.2, 0) is 6.54 Å². The van der Waals surface area contributed by atoms with E-state index in [2.05, 4.69) is 41.0 Å². The molecule has 1 saturated heterocycles. The molecule has 2 N–H and O–H groups in total. The lowest BCUT2D eigenvalue weighted by Gasteiger charge is -2.29. The van der Waals surface area contributed by atoms with Gasteiger partial charge in [0.05, 0.1) is 6.54 Å². The molecular formula is C19H26N2. The number of hydrogen-bond donors (Lipinski definition) is 1. The Labute approximate surface area is 128 Å². The molecule has 0 spiro atoms. The maximum Gasteiger partial charge on any atom is 0.0555 e. The molecule has 1 aromatic rings. The van der Waals surface area contributed by atoms with E-state index < -0.39 is 0 Å². The van der Waals surface area contributed by atoms with E-state index in [1.54, 1.807) is 0 Å². The first-order chi connectivity index (χ1) is 10.4. The van der Waals surface area contributed by atoms with Crippen LogP contribution in [0, 0.1) is 17.8 Å². The normalized spacial score (nSPS) is 23.2. The molecule has 0 bridgehead atoms. The third-order valence-corrected chi connectivity index (χ3v) is 5.03. The molecule has 0 aromatic heterocycles. The van der Waals surface area contributed by atoms with Gasteiger partial charge in [-0.2, -0.15) is 0 Å². The number of benzene rings is 1. The molecular weight excluding hydrogens is 256 g/mol. The highest BCUT2D eigenvalue weighted by Crippen LogP contribution is 2.35. The highest BCUT2D eigenvalue weighted by atomic mass is 15.2. The highest BCUT2D eigenvalue weighted by molar-refractivity contribution is 5.36. The first-order valence-electron chi connectivity index (χ1n) is 8.39. The van der Waals surface area contributed by atoms with Crippen LogP contribution in [0.1, 0.15) is 49.7 Å². The second kappa shape index (κ2) is 7.11. The van der Waals surface area contributed by atoms with Crippen LogP contribution in [0.2, 0.25) is 0 Å². The van der Waals surface area contributed by atoms with Gasteiger partial charge in [-0.1, -0.05) is 36.8 Å². The summed E-state index contributed by atoms with van der Waals surface area (Å²) in [6, 6.07) is 9.54. The van der Waals surface area contributed by atoms with E-state index in [0.29, 0.717) is 6.54 Å². The lowest BCUT2D eigenvalue weighted by Crippen LogP contribution is -2.34. The molecule has 2 aliphatic rings. The largest absolute Gasteiger partial charge is 0.320 e. The van der Waals surface area contributed by atoms with Crippen LogP contribution in [0.3, 0.4) is 0 Å². The average molecular weight is 282 g/mol. The Kier molecular flexibility index (Phi) is 4.95. The van der Waals surface area contributed by atoms with E-state index in [1.807, 2.05) is 0 Å². The van der Waals surface area contributed by atoms with Crippen LogP contribution in [0.4, 0.5) is 0 Å². The van der Waals surface area contributed by atoms with Gasteiger partial charge in [0, 0.05) is 18.2 Å². The van der Waals surface area contributed by atoms with Crippen LogP contribution in [0.25, 0.3) is 0 Å². The van der Waals surface area contributed by atoms with Gasteiger partial charge in [-0.25, -0.2) is 0 Å². The second-order valence-corrected chi connectivity index (χ2v) is 6.43. The van der Waals surface area contributed by atoms with Gasteiger partial charge < -0.3 is 5.73 Å². The van der Waals surface area contributed by atoms with Gasteiger partial charge in [0.2, 0.25) is 0 Å².